The van der Waals surface area contributed by atoms with Crippen LogP contribution in [0.4, 0.5) is 5.69 Å². The van der Waals surface area contributed by atoms with Crippen LogP contribution in [0.25, 0.3) is 6.08 Å². The predicted molar refractivity (Wildman–Crippen MR) is 125 cm³/mol. The summed E-state index contributed by atoms with van der Waals surface area (Å²) in [5.74, 6) is -0.549. The molecule has 1 atom stereocenters. The summed E-state index contributed by atoms with van der Waals surface area (Å²) in [6.45, 7) is 1.88. The third kappa shape index (κ3) is 4.12. The first kappa shape index (κ1) is 22.6. The summed E-state index contributed by atoms with van der Waals surface area (Å²) in [6.07, 6.45) is 2.03. The number of carbonyl (C=O) groups is 1. The van der Waals surface area contributed by atoms with Crippen LogP contribution >= 0.6 is 22.9 Å². The highest BCUT2D eigenvalue weighted by Crippen LogP contribution is 2.31. The fraction of sp³-hybridized carbons (Fsp3) is 0.174. The lowest BCUT2D eigenvalue weighted by atomic mass is 9.95. The Kier molecular flexibility index (Phi) is 6.26. The molecule has 1 aliphatic heterocycles. The van der Waals surface area contributed by atoms with Crippen LogP contribution in [0, 0.1) is 10.1 Å². The van der Waals surface area contributed by atoms with E-state index in [-0.39, 0.29) is 16.3 Å². The molecule has 0 radical (unpaired) electrons. The number of rotatable bonds is 5. The van der Waals surface area contributed by atoms with Crippen LogP contribution < -0.4 is 14.9 Å². The topological polar surface area (TPSA) is 104 Å². The Morgan fingerprint density at radius 1 is 1.30 bits per heavy atom. The van der Waals surface area contributed by atoms with Gasteiger partial charge in [0.2, 0.25) is 0 Å². The molecule has 0 N–H and O–H groups in total. The maximum absolute atomic E-state index is 13.5. The van der Waals surface area contributed by atoms with E-state index in [1.54, 1.807) is 12.1 Å². The van der Waals surface area contributed by atoms with Crippen LogP contribution in [0.5, 0.6) is 0 Å². The van der Waals surface area contributed by atoms with Crippen LogP contribution in [0.15, 0.2) is 69.6 Å². The molecule has 0 spiro atoms. The van der Waals surface area contributed by atoms with Crippen LogP contribution in [0.1, 0.15) is 30.5 Å². The number of aromatic nitrogens is 1. The molecule has 0 aliphatic carbocycles. The number of hydrogen-bond donors (Lipinski definition) is 0. The maximum atomic E-state index is 13.5. The van der Waals surface area contributed by atoms with Crippen molar-refractivity contribution in [1.29, 1.82) is 0 Å². The number of thiazole rings is 1. The van der Waals surface area contributed by atoms with Gasteiger partial charge in [-0.3, -0.25) is 19.5 Å². The number of benzene rings is 2. The van der Waals surface area contributed by atoms with Gasteiger partial charge in [0.15, 0.2) is 4.80 Å². The number of halogens is 1. The normalized spacial score (nSPS) is 15.7. The van der Waals surface area contributed by atoms with E-state index in [4.69, 9.17) is 16.3 Å². The van der Waals surface area contributed by atoms with E-state index in [0.29, 0.717) is 32.6 Å². The van der Waals surface area contributed by atoms with E-state index in [1.807, 2.05) is 37.3 Å². The van der Waals surface area contributed by atoms with Crippen LogP contribution in [-0.2, 0) is 9.53 Å². The lowest BCUT2D eigenvalue weighted by molar-refractivity contribution is -0.384. The maximum Gasteiger partial charge on any atom is 0.338 e. The minimum Gasteiger partial charge on any atom is -0.466 e. The molecule has 0 fully saturated rings. The van der Waals surface area contributed by atoms with Gasteiger partial charge in [-0.1, -0.05) is 66.3 Å². The van der Waals surface area contributed by atoms with E-state index >= 15 is 0 Å². The number of allylic oxidation sites excluding steroid dienone is 1. The summed E-state index contributed by atoms with van der Waals surface area (Å²) in [5.41, 5.74) is 1.45. The molecule has 0 saturated carbocycles. The van der Waals surface area contributed by atoms with Gasteiger partial charge in [-0.05, 0) is 29.7 Å². The second kappa shape index (κ2) is 9.13. The summed E-state index contributed by atoms with van der Waals surface area (Å²) in [5, 5.41) is 11.2. The van der Waals surface area contributed by atoms with E-state index < -0.39 is 16.9 Å². The minimum absolute atomic E-state index is 0.0120. The van der Waals surface area contributed by atoms with Crippen LogP contribution in [-0.4, -0.2) is 22.6 Å². The molecule has 4 rings (SSSR count). The number of carbonyl (C=O) groups excluding carboxylic acids is 1. The molecule has 33 heavy (non-hydrogen) atoms. The number of fused-ring (bicyclic) bond motifs is 1. The van der Waals surface area contributed by atoms with Crippen molar-refractivity contribution in [2.45, 2.75) is 19.4 Å². The van der Waals surface area contributed by atoms with Gasteiger partial charge in [-0.25, -0.2) is 9.79 Å². The molecule has 0 amide bonds. The molecule has 2 aromatic carbocycles. The summed E-state index contributed by atoms with van der Waals surface area (Å²) in [7, 11) is 1.29. The Labute approximate surface area is 196 Å². The number of esters is 1. The lowest BCUT2D eigenvalue weighted by Crippen LogP contribution is -2.40. The van der Waals surface area contributed by atoms with Crippen molar-refractivity contribution in [2.75, 3.05) is 7.11 Å². The molecule has 8 nitrogen and oxygen atoms in total. The molecule has 1 aliphatic rings. The van der Waals surface area contributed by atoms with Crippen molar-refractivity contribution >= 4 is 40.7 Å². The Balaban J connectivity index is 1.98. The SMILES string of the molecule is CCC1=C(C(=O)OC)[C@H](c2ccccc2)n2c(s/c(=C\c3ccc(Cl)c([N+](=O)[O-])c3)c2=O)=N1. The van der Waals surface area contributed by atoms with E-state index in [1.165, 1.54) is 23.8 Å². The van der Waals surface area contributed by atoms with Crippen LogP contribution in [0.3, 0.4) is 0 Å². The van der Waals surface area contributed by atoms with Gasteiger partial charge in [-0.15, -0.1) is 0 Å². The first-order chi connectivity index (χ1) is 15.8. The van der Waals surface area contributed by atoms with Gasteiger partial charge in [0.25, 0.3) is 11.2 Å². The van der Waals surface area contributed by atoms with E-state index in [2.05, 4.69) is 4.99 Å². The fourth-order valence-corrected chi connectivity index (χ4v) is 4.93. The van der Waals surface area contributed by atoms with Gasteiger partial charge in [-0.2, -0.15) is 0 Å². The molecular weight excluding hydrogens is 466 g/mol. The zero-order valence-corrected chi connectivity index (χ0v) is 19.2. The van der Waals surface area contributed by atoms with Crippen molar-refractivity contribution in [2.24, 2.45) is 4.99 Å². The Bertz CT molecular complexity index is 1470. The van der Waals surface area contributed by atoms with Gasteiger partial charge in [0.1, 0.15) is 5.02 Å². The molecule has 1 aromatic heterocycles. The highest BCUT2D eigenvalue weighted by molar-refractivity contribution is 7.07. The molecule has 10 heteroatoms. The first-order valence-corrected chi connectivity index (χ1v) is 11.2. The average molecular weight is 484 g/mol. The number of nitrogens with zero attached hydrogens (tertiary/aromatic N) is 3. The second-order valence-corrected chi connectivity index (χ2v) is 8.58. The summed E-state index contributed by atoms with van der Waals surface area (Å²) < 4.78 is 6.83. The van der Waals surface area contributed by atoms with Gasteiger partial charge >= 0.3 is 5.97 Å². The summed E-state index contributed by atoms with van der Waals surface area (Å²) >= 11 is 7.06. The standard InChI is InChI=1S/C23H18ClN3O5S/c1-3-16-19(22(29)32-2)20(14-7-5-4-6-8-14)26-21(28)18(33-23(26)25-16)12-13-9-10-15(24)17(11-13)27(30)31/h4-12,20H,3H2,1-2H3/b18-12-/t20-/m0/s1. The highest BCUT2D eigenvalue weighted by atomic mass is 35.5. The average Bonchev–Trinajstić information content (AvgIpc) is 3.13. The van der Waals surface area contributed by atoms with Crippen molar-refractivity contribution in [3.05, 3.63) is 106 Å². The summed E-state index contributed by atoms with van der Waals surface area (Å²) in [4.78, 5) is 41.9. The third-order valence-electron chi connectivity index (χ3n) is 5.23. The quantitative estimate of drug-likeness (QED) is 0.314. The van der Waals surface area contributed by atoms with Crippen molar-refractivity contribution in [3.8, 4) is 0 Å². The number of nitro groups is 1. The Hall–Kier alpha value is -3.56. The van der Waals surface area contributed by atoms with Gasteiger partial charge in [0, 0.05) is 6.07 Å². The summed E-state index contributed by atoms with van der Waals surface area (Å²) in [6, 6.07) is 12.8. The smallest absolute Gasteiger partial charge is 0.338 e. The van der Waals surface area contributed by atoms with E-state index in [9.17, 15) is 19.7 Å². The van der Waals surface area contributed by atoms with E-state index in [0.717, 1.165) is 16.9 Å². The molecule has 0 saturated heterocycles. The number of ether oxygens (including phenoxy) is 1. The molecule has 168 valence electrons. The lowest BCUT2D eigenvalue weighted by Gasteiger charge is -2.25. The predicted octanol–water partition coefficient (Wildman–Crippen LogP) is 3.36. The largest absolute Gasteiger partial charge is 0.466 e. The van der Waals surface area contributed by atoms with Gasteiger partial charge in [0.05, 0.1) is 33.9 Å². The Morgan fingerprint density at radius 3 is 2.67 bits per heavy atom. The van der Waals surface area contributed by atoms with Gasteiger partial charge < -0.3 is 4.74 Å². The molecular formula is C23H18ClN3O5S. The highest BCUT2D eigenvalue weighted by Gasteiger charge is 2.33. The minimum atomic E-state index is -0.702. The number of nitro benzene ring substituents is 1. The van der Waals surface area contributed by atoms with Crippen LogP contribution in [0.2, 0.25) is 5.02 Å². The zero-order chi connectivity index (χ0) is 23.7. The fourth-order valence-electron chi connectivity index (χ4n) is 3.73. The molecule has 2 heterocycles. The molecule has 0 bridgehead atoms. The van der Waals surface area contributed by atoms with Crippen molar-refractivity contribution in [3.63, 3.8) is 0 Å². The second-order valence-electron chi connectivity index (χ2n) is 7.17. The van der Waals surface area contributed by atoms with Crippen molar-refractivity contribution in [1.82, 2.24) is 4.57 Å². The molecule has 0 unspecified atom stereocenters. The first-order valence-electron chi connectivity index (χ1n) is 9.97. The number of methoxy groups -OCH3 is 1. The Morgan fingerprint density at radius 2 is 2.03 bits per heavy atom. The third-order valence-corrected chi connectivity index (χ3v) is 6.53. The van der Waals surface area contributed by atoms with Crippen molar-refractivity contribution < 1.29 is 14.5 Å². The monoisotopic (exact) mass is 483 g/mol. The zero-order valence-electron chi connectivity index (χ0n) is 17.6. The molecule has 3 aromatic rings. The number of hydrogen-bond acceptors (Lipinski definition) is 7.